The fourth-order valence-electron chi connectivity index (χ4n) is 1.23. The molecule has 0 aliphatic carbocycles. The van der Waals surface area contributed by atoms with Gasteiger partial charge in [-0.2, -0.15) is 15.3 Å². The number of aromatic nitrogens is 4. The third-order valence-corrected chi connectivity index (χ3v) is 3.92. The summed E-state index contributed by atoms with van der Waals surface area (Å²) in [6, 6.07) is 1.88. The summed E-state index contributed by atoms with van der Waals surface area (Å²) < 4.78 is 27.6. The summed E-state index contributed by atoms with van der Waals surface area (Å²) in [4.78, 5) is 3.96. The normalized spacial score (nSPS) is 13.2. The lowest BCUT2D eigenvalue weighted by Gasteiger charge is -2.01. The molecule has 0 saturated heterocycles. The Hall–Kier alpha value is -2.21. The van der Waals surface area contributed by atoms with Crippen LogP contribution in [-0.2, 0) is 9.84 Å². The van der Waals surface area contributed by atoms with Crippen LogP contribution < -0.4 is 0 Å². The summed E-state index contributed by atoms with van der Waals surface area (Å²) in [5, 5.41) is 17.7. The summed E-state index contributed by atoms with van der Waals surface area (Å²) in [6.07, 6.45) is 2.45. The van der Waals surface area contributed by atoms with Crippen molar-refractivity contribution in [1.29, 1.82) is 5.26 Å². The quantitative estimate of drug-likeness (QED) is 0.854. The topological polar surface area (TPSA) is 126 Å². The number of nitrogens with one attached hydrogen (secondary N) is 1. The van der Waals surface area contributed by atoms with E-state index in [9.17, 15) is 8.42 Å². The maximum atomic E-state index is 11.4. The van der Waals surface area contributed by atoms with Crippen molar-refractivity contribution in [2.75, 3.05) is 6.26 Å². The first-order chi connectivity index (χ1) is 8.43. The average Bonchev–Trinajstić information content (AvgIpc) is 2.94. The van der Waals surface area contributed by atoms with E-state index in [0.717, 1.165) is 6.26 Å². The van der Waals surface area contributed by atoms with Crippen LogP contribution in [-0.4, -0.2) is 35.0 Å². The lowest BCUT2D eigenvalue weighted by atomic mass is 10.2. The highest BCUT2D eigenvalue weighted by Crippen LogP contribution is 2.23. The van der Waals surface area contributed by atoms with Crippen LogP contribution in [0.3, 0.4) is 0 Å². The molecule has 1 unspecified atom stereocenters. The fourth-order valence-corrected chi connectivity index (χ4v) is 1.71. The summed E-state index contributed by atoms with van der Waals surface area (Å²) in [6.45, 7) is 1.46. The molecule has 8 nitrogen and oxygen atoms in total. The Balaban J connectivity index is 2.41. The molecule has 18 heavy (non-hydrogen) atoms. The van der Waals surface area contributed by atoms with E-state index >= 15 is 0 Å². The second-order valence-electron chi connectivity index (χ2n) is 3.70. The van der Waals surface area contributed by atoms with E-state index < -0.39 is 15.1 Å². The second kappa shape index (κ2) is 4.23. The van der Waals surface area contributed by atoms with Crippen LogP contribution in [0.4, 0.5) is 0 Å². The molecular weight excluding hydrogens is 258 g/mol. The van der Waals surface area contributed by atoms with E-state index in [1.807, 2.05) is 6.07 Å². The van der Waals surface area contributed by atoms with Crippen LogP contribution in [0.5, 0.6) is 0 Å². The van der Waals surface area contributed by atoms with E-state index in [0.29, 0.717) is 5.56 Å². The number of nitrogens with zero attached hydrogens (tertiary/aromatic N) is 4. The molecule has 0 amide bonds. The lowest BCUT2D eigenvalue weighted by Crippen LogP contribution is -2.09. The molecule has 0 fully saturated rings. The Labute approximate surface area is 103 Å². The number of aromatic amines is 1. The zero-order valence-electron chi connectivity index (χ0n) is 9.58. The van der Waals surface area contributed by atoms with Crippen molar-refractivity contribution in [2.45, 2.75) is 12.2 Å². The van der Waals surface area contributed by atoms with Crippen LogP contribution in [0.1, 0.15) is 23.7 Å². The van der Waals surface area contributed by atoms with E-state index in [1.54, 1.807) is 0 Å². The largest absolute Gasteiger partial charge is 0.334 e. The maximum absolute atomic E-state index is 11.4. The van der Waals surface area contributed by atoms with Gasteiger partial charge in [0.2, 0.25) is 0 Å². The van der Waals surface area contributed by atoms with E-state index in [-0.39, 0.29) is 17.4 Å². The molecular formula is C9H9N5O3S. The summed E-state index contributed by atoms with van der Waals surface area (Å²) in [7, 11) is -3.30. The van der Waals surface area contributed by atoms with Gasteiger partial charge in [0.05, 0.1) is 11.8 Å². The maximum Gasteiger partial charge on any atom is 0.262 e. The minimum Gasteiger partial charge on any atom is -0.334 e. The van der Waals surface area contributed by atoms with Gasteiger partial charge in [-0.1, -0.05) is 5.16 Å². The smallest absolute Gasteiger partial charge is 0.262 e. The summed E-state index contributed by atoms with van der Waals surface area (Å²) in [5.74, 6) is 0.114. The van der Waals surface area contributed by atoms with Gasteiger partial charge in [0.15, 0.2) is 15.7 Å². The van der Waals surface area contributed by atoms with Gasteiger partial charge in [-0.25, -0.2) is 8.42 Å². The molecule has 0 aliphatic heterocycles. The molecule has 2 aromatic heterocycles. The summed E-state index contributed by atoms with van der Waals surface area (Å²) in [5.41, 5.74) is 0.522. The standard InChI is InChI=1S/C9H9N5O3S/c1-5(18(2,15)16)8-12-9(17-14-8)6-4-11-13-7(6)3-10/h4-5H,1-2H3,(H,11,13). The van der Waals surface area contributed by atoms with E-state index in [1.165, 1.54) is 13.1 Å². The molecule has 2 aromatic rings. The Bertz CT molecular complexity index is 709. The van der Waals surface area contributed by atoms with E-state index in [4.69, 9.17) is 9.78 Å². The third-order valence-electron chi connectivity index (χ3n) is 2.43. The number of hydrogen-bond acceptors (Lipinski definition) is 7. The number of rotatable bonds is 3. The molecule has 1 atom stereocenters. The first kappa shape index (κ1) is 12.3. The third kappa shape index (κ3) is 2.10. The van der Waals surface area contributed by atoms with Gasteiger partial charge in [-0.05, 0) is 6.92 Å². The van der Waals surface area contributed by atoms with Crippen molar-refractivity contribution in [2.24, 2.45) is 0 Å². The Morgan fingerprint density at radius 1 is 1.56 bits per heavy atom. The van der Waals surface area contributed by atoms with Crippen molar-refractivity contribution in [3.05, 3.63) is 17.7 Å². The lowest BCUT2D eigenvalue weighted by molar-refractivity contribution is 0.421. The van der Waals surface area contributed by atoms with Gasteiger partial charge < -0.3 is 4.52 Å². The van der Waals surface area contributed by atoms with E-state index in [2.05, 4.69) is 20.3 Å². The van der Waals surface area contributed by atoms with Gasteiger partial charge in [0, 0.05) is 6.26 Å². The van der Waals surface area contributed by atoms with Crippen LogP contribution in [0, 0.1) is 11.3 Å². The molecule has 0 aromatic carbocycles. The molecule has 0 aliphatic rings. The van der Waals surface area contributed by atoms with Crippen LogP contribution in [0.15, 0.2) is 10.7 Å². The average molecular weight is 267 g/mol. The Kier molecular flexibility index (Phi) is 2.88. The molecule has 0 radical (unpaired) electrons. The molecule has 0 bridgehead atoms. The minimum atomic E-state index is -3.30. The fraction of sp³-hybridized carbons (Fsp3) is 0.333. The molecule has 0 saturated carbocycles. The molecule has 0 spiro atoms. The van der Waals surface area contributed by atoms with Crippen molar-refractivity contribution in [3.8, 4) is 17.5 Å². The Morgan fingerprint density at radius 2 is 2.28 bits per heavy atom. The second-order valence-corrected chi connectivity index (χ2v) is 6.07. The highest BCUT2D eigenvalue weighted by Gasteiger charge is 2.24. The molecule has 94 valence electrons. The van der Waals surface area contributed by atoms with Crippen molar-refractivity contribution >= 4 is 9.84 Å². The van der Waals surface area contributed by atoms with Crippen molar-refractivity contribution < 1.29 is 12.9 Å². The monoisotopic (exact) mass is 267 g/mol. The zero-order chi connectivity index (χ0) is 13.3. The predicted molar refractivity (Wildman–Crippen MR) is 59.9 cm³/mol. The number of hydrogen-bond donors (Lipinski definition) is 1. The van der Waals surface area contributed by atoms with Crippen LogP contribution in [0.2, 0.25) is 0 Å². The van der Waals surface area contributed by atoms with Gasteiger partial charge in [-0.15, -0.1) is 0 Å². The number of H-pyrrole nitrogens is 1. The zero-order valence-corrected chi connectivity index (χ0v) is 10.4. The van der Waals surface area contributed by atoms with Crippen LogP contribution in [0.25, 0.3) is 11.5 Å². The van der Waals surface area contributed by atoms with Gasteiger partial charge in [0.25, 0.3) is 5.89 Å². The van der Waals surface area contributed by atoms with Gasteiger partial charge in [-0.3, -0.25) is 5.10 Å². The van der Waals surface area contributed by atoms with Crippen molar-refractivity contribution in [3.63, 3.8) is 0 Å². The Morgan fingerprint density at radius 3 is 2.89 bits per heavy atom. The van der Waals surface area contributed by atoms with Gasteiger partial charge >= 0.3 is 0 Å². The van der Waals surface area contributed by atoms with Crippen molar-refractivity contribution in [1.82, 2.24) is 20.3 Å². The molecule has 2 heterocycles. The van der Waals surface area contributed by atoms with Crippen LogP contribution >= 0.6 is 0 Å². The summed E-state index contributed by atoms with van der Waals surface area (Å²) >= 11 is 0. The highest BCUT2D eigenvalue weighted by molar-refractivity contribution is 7.90. The predicted octanol–water partition coefficient (Wildman–Crippen LogP) is 0.437. The molecule has 9 heteroatoms. The molecule has 2 rings (SSSR count). The number of nitriles is 1. The number of sulfone groups is 1. The van der Waals surface area contributed by atoms with Gasteiger partial charge in [0.1, 0.15) is 17.0 Å². The SMILES string of the molecule is CC(c1noc(-c2cn[nH]c2C#N)n1)S(C)(=O)=O. The molecule has 1 N–H and O–H groups in total. The first-order valence-electron chi connectivity index (χ1n) is 4.89. The first-order valence-corrected chi connectivity index (χ1v) is 6.85. The highest BCUT2D eigenvalue weighted by atomic mass is 32.2. The minimum absolute atomic E-state index is 0.0533.